The van der Waals surface area contributed by atoms with Gasteiger partial charge in [0.2, 0.25) is 0 Å². The van der Waals surface area contributed by atoms with Gasteiger partial charge in [0.15, 0.2) is 0 Å². The van der Waals surface area contributed by atoms with E-state index in [1.54, 1.807) is 6.92 Å². The van der Waals surface area contributed by atoms with E-state index in [2.05, 4.69) is 91.1 Å². The number of aliphatic hydroxyl groups excluding tert-OH is 1. The molecule has 0 saturated carbocycles. The Morgan fingerprint density at radius 2 is 1.46 bits per heavy atom. The molecular formula is C21H19I2N3O2. The molecule has 0 saturated heterocycles. The highest BCUT2D eigenvalue weighted by molar-refractivity contribution is 14.1. The molecule has 2 aromatic carbocycles. The molecule has 0 radical (unpaired) electrons. The molecule has 0 aliphatic carbocycles. The number of aromatic nitrogens is 3. The van der Waals surface area contributed by atoms with Crippen LogP contribution in [0.5, 0.6) is 0 Å². The van der Waals surface area contributed by atoms with Crippen LogP contribution in [0.15, 0.2) is 47.3 Å². The molecule has 2 heterocycles. The summed E-state index contributed by atoms with van der Waals surface area (Å²) < 4.78 is 6.04. The van der Waals surface area contributed by atoms with E-state index in [4.69, 9.17) is 0 Å². The number of halogens is 2. The summed E-state index contributed by atoms with van der Waals surface area (Å²) in [6.07, 6.45) is -0.710. The zero-order valence-electron chi connectivity index (χ0n) is 15.5. The third-order valence-corrected chi connectivity index (χ3v) is 6.26. The van der Waals surface area contributed by atoms with Crippen molar-refractivity contribution in [2.75, 3.05) is 0 Å². The fraction of sp³-hybridized carbons (Fsp3) is 0.238. The minimum Gasteiger partial charge on any atom is -0.389 e. The van der Waals surface area contributed by atoms with Crippen LogP contribution in [0.1, 0.15) is 11.4 Å². The average Bonchev–Trinajstić information content (AvgIpc) is 2.90. The number of rotatable bonds is 4. The third-order valence-electron chi connectivity index (χ3n) is 4.92. The number of hydrogen-bond donors (Lipinski definition) is 1. The summed E-state index contributed by atoms with van der Waals surface area (Å²) in [7, 11) is 0. The maximum atomic E-state index is 12.2. The van der Waals surface area contributed by atoms with Gasteiger partial charge in [-0.1, -0.05) is 0 Å². The van der Waals surface area contributed by atoms with Crippen LogP contribution >= 0.6 is 45.2 Å². The molecule has 0 aliphatic rings. The van der Waals surface area contributed by atoms with E-state index < -0.39 is 6.10 Å². The van der Waals surface area contributed by atoms with Crippen molar-refractivity contribution in [2.45, 2.75) is 33.0 Å². The van der Waals surface area contributed by atoms with Gasteiger partial charge in [-0.2, -0.15) is 4.98 Å². The van der Waals surface area contributed by atoms with Gasteiger partial charge in [0, 0.05) is 40.3 Å². The van der Waals surface area contributed by atoms with Crippen molar-refractivity contribution in [2.24, 2.45) is 0 Å². The van der Waals surface area contributed by atoms with Gasteiger partial charge < -0.3 is 9.67 Å². The number of fused-ring (bicyclic) bond motifs is 3. The van der Waals surface area contributed by atoms with Crippen LogP contribution in [0.3, 0.4) is 0 Å². The van der Waals surface area contributed by atoms with Gasteiger partial charge >= 0.3 is 5.69 Å². The molecule has 2 aromatic heterocycles. The summed E-state index contributed by atoms with van der Waals surface area (Å²) in [4.78, 5) is 16.2. The van der Waals surface area contributed by atoms with E-state index in [1.165, 1.54) is 22.5 Å². The van der Waals surface area contributed by atoms with Crippen molar-refractivity contribution in [3.8, 4) is 0 Å². The van der Waals surface area contributed by atoms with Crippen LogP contribution in [-0.4, -0.2) is 25.3 Å². The number of hydrogen-bond acceptors (Lipinski definition) is 3. The smallest absolute Gasteiger partial charge is 0.348 e. The second-order valence-electron chi connectivity index (χ2n) is 7.02. The first-order valence-corrected chi connectivity index (χ1v) is 11.1. The average molecular weight is 599 g/mol. The first-order valence-electron chi connectivity index (χ1n) is 8.93. The van der Waals surface area contributed by atoms with E-state index in [9.17, 15) is 9.90 Å². The molecule has 1 unspecified atom stereocenters. The Kier molecular flexibility index (Phi) is 5.49. The van der Waals surface area contributed by atoms with Gasteiger partial charge in [0.1, 0.15) is 0 Å². The van der Waals surface area contributed by atoms with Gasteiger partial charge in [0.05, 0.1) is 19.2 Å². The Hall–Kier alpha value is -1.46. The maximum absolute atomic E-state index is 12.2. The van der Waals surface area contributed by atoms with Crippen molar-refractivity contribution in [3.05, 3.63) is 71.5 Å². The fourth-order valence-corrected chi connectivity index (χ4v) is 4.70. The Bertz CT molecular complexity index is 1200. The molecule has 4 aromatic rings. The van der Waals surface area contributed by atoms with E-state index in [-0.39, 0.29) is 12.2 Å². The maximum Gasteiger partial charge on any atom is 0.348 e. The zero-order valence-corrected chi connectivity index (χ0v) is 19.8. The second kappa shape index (κ2) is 7.75. The molecular weight excluding hydrogens is 580 g/mol. The highest BCUT2D eigenvalue weighted by Gasteiger charge is 2.16. The van der Waals surface area contributed by atoms with Gasteiger partial charge in [0.25, 0.3) is 0 Å². The predicted molar refractivity (Wildman–Crippen MR) is 129 cm³/mol. The van der Waals surface area contributed by atoms with Crippen LogP contribution in [0.4, 0.5) is 0 Å². The number of aliphatic hydroxyl groups is 1. The third kappa shape index (κ3) is 3.71. The Balaban J connectivity index is 1.76. The molecule has 0 aliphatic heterocycles. The molecule has 1 N–H and O–H groups in total. The molecule has 0 amide bonds. The summed E-state index contributed by atoms with van der Waals surface area (Å²) in [5, 5.41) is 13.2. The topological polar surface area (TPSA) is 60.0 Å². The highest BCUT2D eigenvalue weighted by atomic mass is 127. The highest BCUT2D eigenvalue weighted by Crippen LogP contribution is 2.31. The molecule has 1 atom stereocenters. The lowest BCUT2D eigenvalue weighted by atomic mass is 10.2. The van der Waals surface area contributed by atoms with Gasteiger partial charge in [-0.15, -0.1) is 0 Å². The van der Waals surface area contributed by atoms with Crippen molar-refractivity contribution >= 4 is 67.0 Å². The van der Waals surface area contributed by atoms with E-state index >= 15 is 0 Å². The normalized spacial score (nSPS) is 12.8. The molecule has 28 heavy (non-hydrogen) atoms. The van der Waals surface area contributed by atoms with Crippen molar-refractivity contribution in [1.82, 2.24) is 14.1 Å². The van der Waals surface area contributed by atoms with Gasteiger partial charge in [-0.3, -0.25) is 4.57 Å². The monoisotopic (exact) mass is 599 g/mol. The fourth-order valence-electron chi connectivity index (χ4n) is 3.72. The lowest BCUT2D eigenvalue weighted by Crippen LogP contribution is -2.32. The SMILES string of the molecule is Cc1cc(C)n(CC(O)Cn2c3ccc(I)cc3c3cc(I)ccc32)c(=O)n1. The zero-order chi connectivity index (χ0) is 20.0. The summed E-state index contributed by atoms with van der Waals surface area (Å²) in [5.41, 5.74) is 3.36. The number of benzene rings is 2. The molecule has 144 valence electrons. The van der Waals surface area contributed by atoms with Crippen molar-refractivity contribution in [1.29, 1.82) is 0 Å². The number of aryl methyl sites for hydroxylation is 2. The minimum absolute atomic E-state index is 0.216. The van der Waals surface area contributed by atoms with Gasteiger partial charge in [-0.25, -0.2) is 4.79 Å². The molecule has 7 heteroatoms. The molecule has 0 fully saturated rings. The lowest BCUT2D eigenvalue weighted by molar-refractivity contribution is 0.134. The molecule has 0 spiro atoms. The largest absolute Gasteiger partial charge is 0.389 e. The summed E-state index contributed by atoms with van der Waals surface area (Å²) in [6.45, 7) is 4.29. The second-order valence-corrected chi connectivity index (χ2v) is 9.51. The predicted octanol–water partition coefficient (Wildman–Crippen LogP) is 4.24. The Labute approximate surface area is 189 Å². The first-order chi connectivity index (χ1) is 13.3. The summed E-state index contributed by atoms with van der Waals surface area (Å²) >= 11 is 4.65. The molecule has 0 bridgehead atoms. The number of nitrogens with zero attached hydrogens (tertiary/aromatic N) is 3. The standard InChI is InChI=1S/C21H19I2N3O2/c1-12-7-13(2)25(21(28)24-12)10-16(27)11-26-19-5-3-14(22)8-17(19)18-9-15(23)4-6-20(18)26/h3-9,16,27H,10-11H2,1-2H3. The van der Waals surface area contributed by atoms with Crippen molar-refractivity contribution in [3.63, 3.8) is 0 Å². The van der Waals surface area contributed by atoms with E-state index in [1.807, 2.05) is 13.0 Å². The Morgan fingerprint density at radius 3 is 2.00 bits per heavy atom. The quantitative estimate of drug-likeness (QED) is 0.358. The van der Waals surface area contributed by atoms with Crippen LogP contribution in [0.2, 0.25) is 0 Å². The van der Waals surface area contributed by atoms with Gasteiger partial charge in [-0.05, 0) is 101 Å². The van der Waals surface area contributed by atoms with Crippen LogP contribution in [-0.2, 0) is 13.1 Å². The van der Waals surface area contributed by atoms with Crippen LogP contribution in [0.25, 0.3) is 21.8 Å². The van der Waals surface area contributed by atoms with E-state index in [0.717, 1.165) is 16.7 Å². The molecule has 5 nitrogen and oxygen atoms in total. The van der Waals surface area contributed by atoms with Crippen LogP contribution < -0.4 is 5.69 Å². The van der Waals surface area contributed by atoms with Crippen LogP contribution in [0, 0.1) is 21.0 Å². The lowest BCUT2D eigenvalue weighted by Gasteiger charge is -2.17. The summed E-state index contributed by atoms with van der Waals surface area (Å²) in [5.74, 6) is 0. The Morgan fingerprint density at radius 1 is 0.929 bits per heavy atom. The summed E-state index contributed by atoms with van der Waals surface area (Å²) in [6, 6.07) is 14.6. The molecule has 4 rings (SSSR count). The van der Waals surface area contributed by atoms with E-state index in [0.29, 0.717) is 12.2 Å². The minimum atomic E-state index is -0.710. The first kappa shape index (κ1) is 19.8. The van der Waals surface area contributed by atoms with Crippen molar-refractivity contribution < 1.29 is 5.11 Å².